The number of rotatable bonds is 1. The monoisotopic (exact) mass is 210 g/mol. The van der Waals surface area contributed by atoms with E-state index in [-0.39, 0.29) is 16.9 Å². The third-order valence-electron chi connectivity index (χ3n) is 1.86. The van der Waals surface area contributed by atoms with Crippen LogP contribution in [0, 0.1) is 5.82 Å². The molecule has 0 bridgehead atoms. The number of carbonyl (C=O) groups excluding carboxylic acids is 1. The first-order valence-corrected chi connectivity index (χ1v) is 4.85. The Morgan fingerprint density at radius 3 is 2.50 bits per heavy atom. The van der Waals surface area contributed by atoms with Gasteiger partial charge in [0.05, 0.1) is 0 Å². The molecule has 5 heteroatoms. The van der Waals surface area contributed by atoms with Gasteiger partial charge in [0, 0.05) is 0 Å². The number of thioether (sulfide) groups is 1. The lowest BCUT2D eigenvalue weighted by molar-refractivity contribution is -0.117. The molecule has 0 aromatic heterocycles. The predicted molar refractivity (Wildman–Crippen MR) is 53.4 cm³/mol. The van der Waals surface area contributed by atoms with Gasteiger partial charge in [-0.25, -0.2) is 4.39 Å². The molecule has 72 valence electrons. The van der Waals surface area contributed by atoms with E-state index in [1.165, 1.54) is 23.9 Å². The standard InChI is InChI=1S/C9H7FN2OS/c10-6-3-1-5(2-4-6)7-8(13)12-9(11)14-7/h1-4,7H,(H2,11,12,13). The summed E-state index contributed by atoms with van der Waals surface area (Å²) in [7, 11) is 0. The number of aliphatic imine (C=N–C) groups is 1. The number of hydrogen-bond acceptors (Lipinski definition) is 3. The van der Waals surface area contributed by atoms with Gasteiger partial charge in [-0.2, -0.15) is 4.99 Å². The molecule has 0 fully saturated rings. The molecule has 1 aliphatic heterocycles. The first-order chi connectivity index (χ1) is 6.66. The second-order valence-electron chi connectivity index (χ2n) is 2.84. The maximum atomic E-state index is 12.6. The van der Waals surface area contributed by atoms with E-state index in [1.807, 2.05) is 0 Å². The van der Waals surface area contributed by atoms with Gasteiger partial charge in [-0.1, -0.05) is 23.9 Å². The van der Waals surface area contributed by atoms with Gasteiger partial charge < -0.3 is 5.73 Å². The lowest BCUT2D eigenvalue weighted by Gasteiger charge is -2.05. The van der Waals surface area contributed by atoms with Gasteiger partial charge >= 0.3 is 0 Å². The highest BCUT2D eigenvalue weighted by atomic mass is 32.2. The van der Waals surface area contributed by atoms with Crippen molar-refractivity contribution in [3.8, 4) is 0 Å². The molecule has 1 aromatic rings. The smallest absolute Gasteiger partial charge is 0.266 e. The Bertz CT molecular complexity index is 402. The first kappa shape index (κ1) is 9.21. The predicted octanol–water partition coefficient (Wildman–Crippen LogP) is 1.45. The highest BCUT2D eigenvalue weighted by Gasteiger charge is 2.28. The van der Waals surface area contributed by atoms with E-state index in [1.54, 1.807) is 12.1 Å². The molecule has 14 heavy (non-hydrogen) atoms. The highest BCUT2D eigenvalue weighted by Crippen LogP contribution is 2.34. The van der Waals surface area contributed by atoms with Crippen molar-refractivity contribution in [1.29, 1.82) is 0 Å². The van der Waals surface area contributed by atoms with Gasteiger partial charge in [0.1, 0.15) is 11.1 Å². The number of halogens is 1. The van der Waals surface area contributed by atoms with Crippen molar-refractivity contribution in [3.05, 3.63) is 35.6 Å². The second-order valence-corrected chi connectivity index (χ2v) is 3.96. The van der Waals surface area contributed by atoms with Gasteiger partial charge in [0.2, 0.25) is 0 Å². The second kappa shape index (κ2) is 3.42. The largest absolute Gasteiger partial charge is 0.378 e. The molecule has 1 aliphatic rings. The minimum Gasteiger partial charge on any atom is -0.378 e. The van der Waals surface area contributed by atoms with E-state index < -0.39 is 5.25 Å². The van der Waals surface area contributed by atoms with E-state index in [9.17, 15) is 9.18 Å². The SMILES string of the molecule is NC1=NC(=O)C(c2ccc(F)cc2)S1. The first-order valence-electron chi connectivity index (χ1n) is 3.97. The summed E-state index contributed by atoms with van der Waals surface area (Å²) in [6, 6.07) is 5.77. The van der Waals surface area contributed by atoms with Crippen LogP contribution in [0.2, 0.25) is 0 Å². The number of benzene rings is 1. The number of nitrogens with two attached hydrogens (primary N) is 1. The Balaban J connectivity index is 2.26. The van der Waals surface area contributed by atoms with Crippen LogP contribution in [0.1, 0.15) is 10.8 Å². The summed E-state index contributed by atoms with van der Waals surface area (Å²) in [5.74, 6) is -0.600. The van der Waals surface area contributed by atoms with E-state index in [2.05, 4.69) is 4.99 Å². The van der Waals surface area contributed by atoms with E-state index in [4.69, 9.17) is 5.73 Å². The van der Waals surface area contributed by atoms with Crippen LogP contribution in [0.25, 0.3) is 0 Å². The highest BCUT2D eigenvalue weighted by molar-refractivity contribution is 8.15. The summed E-state index contributed by atoms with van der Waals surface area (Å²) >= 11 is 1.19. The minimum absolute atomic E-state index is 0.268. The zero-order chi connectivity index (χ0) is 10.1. The molecule has 0 aliphatic carbocycles. The Morgan fingerprint density at radius 2 is 2.00 bits per heavy atom. The van der Waals surface area contributed by atoms with Crippen molar-refractivity contribution in [3.63, 3.8) is 0 Å². The third-order valence-corrected chi connectivity index (χ3v) is 2.90. The summed E-state index contributed by atoms with van der Waals surface area (Å²) in [5, 5.41) is -0.139. The molecule has 0 spiro atoms. The van der Waals surface area contributed by atoms with Crippen molar-refractivity contribution in [1.82, 2.24) is 0 Å². The summed E-state index contributed by atoms with van der Waals surface area (Å²) < 4.78 is 12.6. The fourth-order valence-electron chi connectivity index (χ4n) is 1.21. The number of nitrogens with zero attached hydrogens (tertiary/aromatic N) is 1. The van der Waals surface area contributed by atoms with Crippen LogP contribution < -0.4 is 5.73 Å². The van der Waals surface area contributed by atoms with Crippen molar-refractivity contribution < 1.29 is 9.18 Å². The van der Waals surface area contributed by atoms with Gasteiger partial charge in [0.25, 0.3) is 5.91 Å². The summed E-state index contributed by atoms with van der Waals surface area (Å²) in [5.41, 5.74) is 6.13. The van der Waals surface area contributed by atoms with Crippen LogP contribution in [0.15, 0.2) is 29.3 Å². The van der Waals surface area contributed by atoms with Gasteiger partial charge in [-0.15, -0.1) is 0 Å². The van der Waals surface area contributed by atoms with Crippen LogP contribution in [-0.4, -0.2) is 11.1 Å². The van der Waals surface area contributed by atoms with Crippen molar-refractivity contribution in [2.24, 2.45) is 10.7 Å². The molecule has 1 amide bonds. The van der Waals surface area contributed by atoms with E-state index in [0.717, 1.165) is 5.56 Å². The Labute approximate surface area is 84.2 Å². The van der Waals surface area contributed by atoms with Gasteiger partial charge in [0.15, 0.2) is 5.17 Å². The molecule has 2 rings (SSSR count). The number of carbonyl (C=O) groups is 1. The zero-order valence-electron chi connectivity index (χ0n) is 7.11. The molecule has 1 atom stereocenters. The molecule has 0 radical (unpaired) electrons. The quantitative estimate of drug-likeness (QED) is 0.763. The number of amides is 1. The molecule has 1 aromatic carbocycles. The molecular weight excluding hydrogens is 203 g/mol. The van der Waals surface area contributed by atoms with Crippen LogP contribution in [0.5, 0.6) is 0 Å². The average molecular weight is 210 g/mol. The summed E-state index contributed by atoms with van der Waals surface area (Å²) in [4.78, 5) is 14.9. The molecule has 0 saturated carbocycles. The van der Waals surface area contributed by atoms with E-state index >= 15 is 0 Å². The molecule has 3 nitrogen and oxygen atoms in total. The van der Waals surface area contributed by atoms with Crippen LogP contribution in [0.3, 0.4) is 0 Å². The van der Waals surface area contributed by atoms with Crippen LogP contribution in [-0.2, 0) is 4.79 Å². The van der Waals surface area contributed by atoms with Gasteiger partial charge in [-0.05, 0) is 17.7 Å². The van der Waals surface area contributed by atoms with Crippen LogP contribution >= 0.6 is 11.8 Å². The Kier molecular flexibility index (Phi) is 2.25. The average Bonchev–Trinajstić information content (AvgIpc) is 2.47. The zero-order valence-corrected chi connectivity index (χ0v) is 7.92. The fourth-order valence-corrected chi connectivity index (χ4v) is 2.04. The molecule has 1 heterocycles. The summed E-state index contributed by atoms with van der Waals surface area (Å²) in [6.45, 7) is 0. The third kappa shape index (κ3) is 1.63. The lowest BCUT2D eigenvalue weighted by Crippen LogP contribution is -2.03. The molecule has 0 saturated heterocycles. The topological polar surface area (TPSA) is 55.4 Å². The van der Waals surface area contributed by atoms with Crippen molar-refractivity contribution in [2.45, 2.75) is 5.25 Å². The van der Waals surface area contributed by atoms with E-state index in [0.29, 0.717) is 0 Å². The maximum Gasteiger partial charge on any atom is 0.266 e. The Hall–Kier alpha value is -1.36. The summed E-state index contributed by atoms with van der Waals surface area (Å²) in [6.07, 6.45) is 0. The van der Waals surface area contributed by atoms with Crippen molar-refractivity contribution in [2.75, 3.05) is 0 Å². The van der Waals surface area contributed by atoms with Crippen molar-refractivity contribution >= 4 is 22.8 Å². The molecule has 2 N–H and O–H groups in total. The maximum absolute atomic E-state index is 12.6. The molecule has 1 unspecified atom stereocenters. The number of hydrogen-bond donors (Lipinski definition) is 1. The van der Waals surface area contributed by atoms with Gasteiger partial charge in [-0.3, -0.25) is 4.79 Å². The molecular formula is C9H7FN2OS. The fraction of sp³-hybridized carbons (Fsp3) is 0.111. The van der Waals surface area contributed by atoms with Crippen LogP contribution in [0.4, 0.5) is 4.39 Å². The minimum atomic E-state index is -0.407. The lowest BCUT2D eigenvalue weighted by atomic mass is 10.1. The Morgan fingerprint density at radius 1 is 1.36 bits per heavy atom. The number of amidine groups is 1. The normalized spacial score (nSPS) is 21.1.